The molecule has 5 atom stereocenters. The molecule has 3 heterocycles. The smallest absolute Gasteiger partial charge is 0.291 e. The van der Waals surface area contributed by atoms with E-state index in [4.69, 9.17) is 0 Å². The summed E-state index contributed by atoms with van der Waals surface area (Å²) >= 11 is 0. The lowest BCUT2D eigenvalue weighted by atomic mass is 9.76. The summed E-state index contributed by atoms with van der Waals surface area (Å²) in [5.41, 5.74) is 0.212. The standard InChI is InChI=1S/C19H23N3O4/c1-3-4-9-22-16(24)13-14(17(22)25)19(21-15(13)10(2)23)11-7-5-6-8-12(11)20-18(19)26/h5-8,10,13-15,21,23H,3-4,9H2,1-2H3,(H,20,26)/p+1/t10-,13+,14+,15-,19-/m1/s1. The number of carbonyl (C=O) groups is 3. The summed E-state index contributed by atoms with van der Waals surface area (Å²) in [5.74, 6) is -2.30. The van der Waals surface area contributed by atoms with Crippen LogP contribution in [0.15, 0.2) is 24.3 Å². The molecular formula is C19H24N3O4+. The van der Waals surface area contributed by atoms with Gasteiger partial charge in [-0.05, 0) is 19.4 Å². The van der Waals surface area contributed by atoms with Crippen LogP contribution < -0.4 is 10.6 Å². The van der Waals surface area contributed by atoms with Crippen molar-refractivity contribution in [2.75, 3.05) is 11.9 Å². The number of para-hydroxylation sites is 1. The predicted octanol–water partition coefficient (Wildman–Crippen LogP) is -0.438. The number of fused-ring (bicyclic) bond motifs is 4. The Labute approximate surface area is 151 Å². The van der Waals surface area contributed by atoms with E-state index in [0.717, 1.165) is 18.4 Å². The molecule has 0 radical (unpaired) electrons. The molecular weight excluding hydrogens is 334 g/mol. The quantitative estimate of drug-likeness (QED) is 0.635. The lowest BCUT2D eigenvalue weighted by molar-refractivity contribution is -0.738. The van der Waals surface area contributed by atoms with Gasteiger partial charge in [0.2, 0.25) is 17.4 Å². The monoisotopic (exact) mass is 358 g/mol. The minimum Gasteiger partial charge on any atom is -0.387 e. The highest BCUT2D eigenvalue weighted by molar-refractivity contribution is 6.13. The fourth-order valence-corrected chi connectivity index (χ4v) is 4.88. The second kappa shape index (κ2) is 5.89. The fraction of sp³-hybridized carbons (Fsp3) is 0.526. The van der Waals surface area contributed by atoms with Crippen molar-refractivity contribution in [1.82, 2.24) is 4.90 Å². The maximum Gasteiger partial charge on any atom is 0.291 e. The number of nitrogens with zero attached hydrogens (tertiary/aromatic N) is 1. The molecule has 3 aliphatic rings. The van der Waals surface area contributed by atoms with Crippen LogP contribution in [0, 0.1) is 11.8 Å². The number of nitrogens with two attached hydrogens (primary N) is 1. The molecule has 0 unspecified atom stereocenters. The number of likely N-dealkylation sites (tertiary alicyclic amines) is 1. The van der Waals surface area contributed by atoms with Crippen molar-refractivity contribution in [2.24, 2.45) is 11.8 Å². The molecule has 138 valence electrons. The molecule has 0 bridgehead atoms. The summed E-state index contributed by atoms with van der Waals surface area (Å²) in [6.45, 7) is 3.98. The zero-order valence-corrected chi connectivity index (χ0v) is 14.9. The number of quaternary nitrogens is 1. The van der Waals surface area contributed by atoms with E-state index in [9.17, 15) is 19.5 Å². The molecule has 0 saturated carbocycles. The number of nitrogens with one attached hydrogen (secondary N) is 1. The van der Waals surface area contributed by atoms with Crippen LogP contribution in [-0.2, 0) is 19.9 Å². The highest BCUT2D eigenvalue weighted by Gasteiger charge is 2.74. The van der Waals surface area contributed by atoms with Crippen LogP contribution in [0.3, 0.4) is 0 Å². The van der Waals surface area contributed by atoms with Crippen LogP contribution in [0.2, 0.25) is 0 Å². The van der Waals surface area contributed by atoms with E-state index < -0.39 is 29.5 Å². The number of unbranched alkanes of at least 4 members (excludes halogenated alkanes) is 1. The number of anilines is 1. The van der Waals surface area contributed by atoms with Crippen molar-refractivity contribution in [3.8, 4) is 0 Å². The third kappa shape index (κ3) is 2.04. The van der Waals surface area contributed by atoms with Gasteiger partial charge in [-0.25, -0.2) is 0 Å². The van der Waals surface area contributed by atoms with Crippen LogP contribution in [0.25, 0.3) is 0 Å². The molecule has 2 fully saturated rings. The van der Waals surface area contributed by atoms with Crippen LogP contribution >= 0.6 is 0 Å². The Morgan fingerprint density at radius 3 is 2.69 bits per heavy atom. The Hall–Kier alpha value is -2.25. The molecule has 0 aromatic heterocycles. The van der Waals surface area contributed by atoms with E-state index in [2.05, 4.69) is 5.32 Å². The summed E-state index contributed by atoms with van der Waals surface area (Å²) in [6, 6.07) is 6.76. The maximum absolute atomic E-state index is 13.2. The molecule has 1 aromatic rings. The summed E-state index contributed by atoms with van der Waals surface area (Å²) in [6.07, 6.45) is 0.785. The molecule has 2 saturated heterocycles. The van der Waals surface area contributed by atoms with Crippen molar-refractivity contribution < 1.29 is 24.8 Å². The first-order chi connectivity index (χ1) is 12.4. The van der Waals surface area contributed by atoms with E-state index in [1.54, 1.807) is 18.3 Å². The fourth-order valence-electron chi connectivity index (χ4n) is 4.88. The van der Waals surface area contributed by atoms with Gasteiger partial charge in [0.25, 0.3) is 5.91 Å². The van der Waals surface area contributed by atoms with Gasteiger partial charge in [-0.1, -0.05) is 31.5 Å². The highest BCUT2D eigenvalue weighted by Crippen LogP contribution is 2.49. The van der Waals surface area contributed by atoms with Gasteiger partial charge in [-0.3, -0.25) is 19.3 Å². The van der Waals surface area contributed by atoms with Crippen molar-refractivity contribution in [1.29, 1.82) is 0 Å². The number of hydrogen-bond acceptors (Lipinski definition) is 4. The molecule has 0 aliphatic carbocycles. The number of aliphatic hydroxyl groups is 1. The summed E-state index contributed by atoms with van der Waals surface area (Å²) in [5, 5.41) is 14.9. The number of amides is 3. The molecule has 1 spiro atoms. The molecule has 26 heavy (non-hydrogen) atoms. The van der Waals surface area contributed by atoms with Gasteiger partial charge in [-0.2, -0.15) is 0 Å². The average molecular weight is 358 g/mol. The lowest BCUT2D eigenvalue weighted by Crippen LogP contribution is -3.00. The minimum atomic E-state index is -1.18. The third-order valence-corrected chi connectivity index (χ3v) is 6.09. The van der Waals surface area contributed by atoms with Crippen molar-refractivity contribution >= 4 is 23.4 Å². The van der Waals surface area contributed by atoms with E-state index in [-0.39, 0.29) is 17.7 Å². The normalized spacial score (nSPS) is 33.6. The maximum atomic E-state index is 13.2. The highest BCUT2D eigenvalue weighted by atomic mass is 16.3. The molecule has 4 N–H and O–H groups in total. The van der Waals surface area contributed by atoms with Gasteiger partial charge >= 0.3 is 0 Å². The summed E-state index contributed by atoms with van der Waals surface area (Å²) < 4.78 is 0. The lowest BCUT2D eigenvalue weighted by Gasteiger charge is -2.26. The van der Waals surface area contributed by atoms with E-state index >= 15 is 0 Å². The topological polar surface area (TPSA) is 103 Å². The number of benzene rings is 1. The van der Waals surface area contributed by atoms with Gasteiger partial charge in [0, 0.05) is 12.1 Å². The van der Waals surface area contributed by atoms with Gasteiger partial charge in [0.15, 0.2) is 0 Å². The van der Waals surface area contributed by atoms with Crippen LogP contribution in [-0.4, -0.2) is 46.4 Å². The number of aliphatic hydroxyl groups excluding tert-OH is 1. The first-order valence-electron chi connectivity index (χ1n) is 9.23. The molecule has 1 aromatic carbocycles. The largest absolute Gasteiger partial charge is 0.387 e. The van der Waals surface area contributed by atoms with Gasteiger partial charge in [0.1, 0.15) is 24.0 Å². The zero-order chi connectivity index (χ0) is 18.6. The number of rotatable bonds is 4. The molecule has 7 nitrogen and oxygen atoms in total. The number of hydrogen-bond donors (Lipinski definition) is 3. The molecule has 3 aliphatic heterocycles. The minimum absolute atomic E-state index is 0.260. The first kappa shape index (κ1) is 17.2. The number of carbonyl (C=O) groups excluding carboxylic acids is 3. The van der Waals surface area contributed by atoms with Gasteiger partial charge in [0.05, 0.1) is 5.69 Å². The van der Waals surface area contributed by atoms with Crippen LogP contribution in [0.5, 0.6) is 0 Å². The predicted molar refractivity (Wildman–Crippen MR) is 92.8 cm³/mol. The molecule has 3 amide bonds. The summed E-state index contributed by atoms with van der Waals surface area (Å²) in [7, 11) is 0. The Balaban J connectivity index is 1.85. The summed E-state index contributed by atoms with van der Waals surface area (Å²) in [4.78, 5) is 40.6. The van der Waals surface area contributed by atoms with E-state index in [1.165, 1.54) is 4.90 Å². The Morgan fingerprint density at radius 2 is 2.00 bits per heavy atom. The van der Waals surface area contributed by atoms with E-state index in [0.29, 0.717) is 12.2 Å². The van der Waals surface area contributed by atoms with Crippen molar-refractivity contribution in [3.63, 3.8) is 0 Å². The Bertz CT molecular complexity index is 793. The van der Waals surface area contributed by atoms with Crippen LogP contribution in [0.1, 0.15) is 32.3 Å². The Morgan fingerprint density at radius 1 is 1.27 bits per heavy atom. The zero-order valence-electron chi connectivity index (χ0n) is 14.9. The third-order valence-electron chi connectivity index (χ3n) is 6.09. The first-order valence-corrected chi connectivity index (χ1v) is 9.23. The van der Waals surface area contributed by atoms with Crippen LogP contribution in [0.4, 0.5) is 5.69 Å². The van der Waals surface area contributed by atoms with Gasteiger partial charge in [-0.15, -0.1) is 0 Å². The Kier molecular flexibility index (Phi) is 3.89. The molecule has 4 rings (SSSR count). The second-order valence-corrected chi connectivity index (χ2v) is 7.54. The SMILES string of the molecule is CCCCN1C(=O)[C@@H]2[C@@H]([C@@H](C)O)[NH2+][C@@]3(C(=O)Nc4ccccc43)[C@@H]2C1=O. The van der Waals surface area contributed by atoms with Crippen molar-refractivity contribution in [2.45, 2.75) is 44.4 Å². The van der Waals surface area contributed by atoms with Crippen molar-refractivity contribution in [3.05, 3.63) is 29.8 Å². The molecule has 7 heteroatoms. The number of imide groups is 1. The van der Waals surface area contributed by atoms with Gasteiger partial charge < -0.3 is 15.7 Å². The average Bonchev–Trinajstić information content (AvgIpc) is 3.20. The second-order valence-electron chi connectivity index (χ2n) is 7.54. The van der Waals surface area contributed by atoms with E-state index in [1.807, 2.05) is 25.1 Å².